The third-order valence-corrected chi connectivity index (χ3v) is 2.97. The maximum absolute atomic E-state index is 5.77. The van der Waals surface area contributed by atoms with E-state index < -0.39 is 0 Å². The first kappa shape index (κ1) is 15.6. The van der Waals surface area contributed by atoms with E-state index in [0.29, 0.717) is 6.61 Å². The topological polar surface area (TPSA) is 9.23 Å². The van der Waals surface area contributed by atoms with Crippen LogP contribution in [-0.2, 0) is 0 Å². The summed E-state index contributed by atoms with van der Waals surface area (Å²) in [7, 11) is 0. The van der Waals surface area contributed by atoms with Crippen LogP contribution in [0.1, 0.15) is 44.7 Å². The smallest absolute Gasteiger partial charge is 0.120 e. The van der Waals surface area contributed by atoms with Crippen LogP contribution in [0.5, 0.6) is 5.75 Å². The SMILES string of the molecule is CC(C)=CCC/C(C)=C/COc1cc(C)cc(C)c1. The molecule has 0 atom stereocenters. The van der Waals surface area contributed by atoms with Crippen LogP contribution < -0.4 is 4.74 Å². The Kier molecular flexibility index (Phi) is 6.41. The number of aryl methyl sites for hydroxylation is 2. The summed E-state index contributed by atoms with van der Waals surface area (Å²) in [4.78, 5) is 0. The van der Waals surface area contributed by atoms with Gasteiger partial charge in [0.05, 0.1) is 0 Å². The van der Waals surface area contributed by atoms with Gasteiger partial charge in [-0.05, 0) is 76.8 Å². The van der Waals surface area contributed by atoms with Gasteiger partial charge in [0.15, 0.2) is 0 Å². The number of hydrogen-bond donors (Lipinski definition) is 0. The highest BCUT2D eigenvalue weighted by Gasteiger charge is 1.96. The molecule has 0 saturated carbocycles. The molecule has 0 fully saturated rings. The zero-order valence-electron chi connectivity index (χ0n) is 12.9. The summed E-state index contributed by atoms with van der Waals surface area (Å²) in [6, 6.07) is 6.33. The van der Waals surface area contributed by atoms with Crippen LogP contribution in [-0.4, -0.2) is 6.61 Å². The van der Waals surface area contributed by atoms with E-state index in [9.17, 15) is 0 Å². The molecule has 0 aromatic heterocycles. The molecular weight excluding hydrogens is 232 g/mol. The first-order chi connectivity index (χ1) is 8.97. The summed E-state index contributed by atoms with van der Waals surface area (Å²) in [6.45, 7) is 11.3. The van der Waals surface area contributed by atoms with Crippen molar-refractivity contribution in [2.45, 2.75) is 47.5 Å². The second kappa shape index (κ2) is 7.83. The standard InChI is InChI=1S/C18H26O/c1-14(2)7-6-8-15(3)9-10-19-18-12-16(4)11-17(5)13-18/h7,9,11-13H,6,8,10H2,1-5H3/b15-9+. The summed E-state index contributed by atoms with van der Waals surface area (Å²) in [5.74, 6) is 0.964. The molecule has 0 heterocycles. The molecule has 0 radical (unpaired) electrons. The van der Waals surface area contributed by atoms with Gasteiger partial charge in [-0.2, -0.15) is 0 Å². The lowest BCUT2D eigenvalue weighted by Crippen LogP contribution is -1.95. The van der Waals surface area contributed by atoms with Crippen molar-refractivity contribution in [3.63, 3.8) is 0 Å². The molecule has 0 amide bonds. The number of rotatable bonds is 6. The Labute approximate surface area is 118 Å². The number of benzene rings is 1. The monoisotopic (exact) mass is 258 g/mol. The van der Waals surface area contributed by atoms with Gasteiger partial charge in [0.2, 0.25) is 0 Å². The summed E-state index contributed by atoms with van der Waals surface area (Å²) in [5.41, 5.74) is 5.28. The molecule has 0 aliphatic carbocycles. The molecular formula is C18H26O. The number of allylic oxidation sites excluding steroid dienone is 3. The normalized spacial score (nSPS) is 11.3. The summed E-state index contributed by atoms with van der Waals surface area (Å²) >= 11 is 0. The Morgan fingerprint density at radius 1 is 1.00 bits per heavy atom. The van der Waals surface area contributed by atoms with E-state index in [1.165, 1.54) is 22.3 Å². The van der Waals surface area contributed by atoms with Crippen molar-refractivity contribution < 1.29 is 4.74 Å². The summed E-state index contributed by atoms with van der Waals surface area (Å²) in [5, 5.41) is 0. The lowest BCUT2D eigenvalue weighted by Gasteiger charge is -2.07. The molecule has 0 saturated heterocycles. The van der Waals surface area contributed by atoms with Gasteiger partial charge in [-0.3, -0.25) is 0 Å². The Hall–Kier alpha value is -1.50. The van der Waals surface area contributed by atoms with Gasteiger partial charge in [-0.1, -0.05) is 23.3 Å². The maximum atomic E-state index is 5.77. The zero-order chi connectivity index (χ0) is 14.3. The van der Waals surface area contributed by atoms with E-state index in [1.54, 1.807) is 0 Å². The molecule has 19 heavy (non-hydrogen) atoms. The maximum Gasteiger partial charge on any atom is 0.120 e. The average molecular weight is 258 g/mol. The van der Waals surface area contributed by atoms with Crippen LogP contribution in [0.15, 0.2) is 41.5 Å². The predicted molar refractivity (Wildman–Crippen MR) is 83.8 cm³/mol. The first-order valence-electron chi connectivity index (χ1n) is 6.97. The fourth-order valence-electron chi connectivity index (χ4n) is 1.99. The third-order valence-electron chi connectivity index (χ3n) is 2.97. The molecule has 1 nitrogen and oxygen atoms in total. The van der Waals surface area contributed by atoms with Gasteiger partial charge in [-0.15, -0.1) is 0 Å². The van der Waals surface area contributed by atoms with Crippen molar-refractivity contribution >= 4 is 0 Å². The first-order valence-corrected chi connectivity index (χ1v) is 6.97. The predicted octanol–water partition coefficient (Wildman–Crippen LogP) is 5.37. The van der Waals surface area contributed by atoms with E-state index in [1.807, 2.05) is 0 Å². The average Bonchev–Trinajstić information content (AvgIpc) is 2.27. The molecule has 104 valence electrons. The van der Waals surface area contributed by atoms with Gasteiger partial charge < -0.3 is 4.74 Å². The largest absolute Gasteiger partial charge is 0.490 e. The molecule has 0 N–H and O–H groups in total. The molecule has 1 aromatic carbocycles. The highest BCUT2D eigenvalue weighted by Crippen LogP contribution is 2.16. The fraction of sp³-hybridized carbons (Fsp3) is 0.444. The molecule has 0 aliphatic heterocycles. The molecule has 0 unspecified atom stereocenters. The van der Waals surface area contributed by atoms with Gasteiger partial charge in [-0.25, -0.2) is 0 Å². The lowest BCUT2D eigenvalue weighted by molar-refractivity contribution is 0.361. The van der Waals surface area contributed by atoms with Crippen LogP contribution >= 0.6 is 0 Å². The Morgan fingerprint density at radius 2 is 1.63 bits per heavy atom. The second-order valence-electron chi connectivity index (χ2n) is 5.51. The van der Waals surface area contributed by atoms with Gasteiger partial charge in [0.25, 0.3) is 0 Å². The van der Waals surface area contributed by atoms with E-state index in [0.717, 1.165) is 18.6 Å². The molecule has 0 bridgehead atoms. The number of ether oxygens (including phenoxy) is 1. The van der Waals surface area contributed by atoms with Crippen LogP contribution in [0.2, 0.25) is 0 Å². The van der Waals surface area contributed by atoms with Crippen LogP contribution in [0, 0.1) is 13.8 Å². The van der Waals surface area contributed by atoms with E-state index in [-0.39, 0.29) is 0 Å². The summed E-state index contributed by atoms with van der Waals surface area (Å²) in [6.07, 6.45) is 6.69. The molecule has 1 heteroatoms. The van der Waals surface area contributed by atoms with E-state index in [4.69, 9.17) is 4.74 Å². The van der Waals surface area contributed by atoms with Crippen molar-refractivity contribution in [1.29, 1.82) is 0 Å². The second-order valence-corrected chi connectivity index (χ2v) is 5.51. The highest BCUT2D eigenvalue weighted by molar-refractivity contribution is 5.33. The molecule has 0 aliphatic rings. The Balaban J connectivity index is 2.41. The third kappa shape index (κ3) is 6.85. The molecule has 0 spiro atoms. The van der Waals surface area contributed by atoms with Crippen molar-refractivity contribution in [1.82, 2.24) is 0 Å². The zero-order valence-corrected chi connectivity index (χ0v) is 12.9. The lowest BCUT2D eigenvalue weighted by atomic mass is 10.1. The summed E-state index contributed by atoms with van der Waals surface area (Å²) < 4.78 is 5.77. The van der Waals surface area contributed by atoms with Crippen molar-refractivity contribution in [3.8, 4) is 5.75 Å². The number of hydrogen-bond acceptors (Lipinski definition) is 1. The highest BCUT2D eigenvalue weighted by atomic mass is 16.5. The van der Waals surface area contributed by atoms with Crippen molar-refractivity contribution in [2.24, 2.45) is 0 Å². The fourth-order valence-corrected chi connectivity index (χ4v) is 1.99. The quantitative estimate of drug-likeness (QED) is 0.623. The van der Waals surface area contributed by atoms with Gasteiger partial charge in [0, 0.05) is 0 Å². The van der Waals surface area contributed by atoms with Gasteiger partial charge >= 0.3 is 0 Å². The minimum Gasteiger partial charge on any atom is -0.490 e. The molecule has 1 rings (SSSR count). The van der Waals surface area contributed by atoms with Gasteiger partial charge in [0.1, 0.15) is 12.4 Å². The molecule has 1 aromatic rings. The minimum absolute atomic E-state index is 0.656. The van der Waals surface area contributed by atoms with Crippen molar-refractivity contribution in [2.75, 3.05) is 6.61 Å². The Morgan fingerprint density at radius 3 is 2.21 bits per heavy atom. The Bertz CT molecular complexity index is 442. The van der Waals surface area contributed by atoms with Crippen LogP contribution in [0.25, 0.3) is 0 Å². The van der Waals surface area contributed by atoms with Crippen LogP contribution in [0.4, 0.5) is 0 Å². The minimum atomic E-state index is 0.656. The van der Waals surface area contributed by atoms with Crippen LogP contribution in [0.3, 0.4) is 0 Å². The van der Waals surface area contributed by atoms with E-state index >= 15 is 0 Å². The van der Waals surface area contributed by atoms with Crippen molar-refractivity contribution in [3.05, 3.63) is 52.6 Å². The van der Waals surface area contributed by atoms with E-state index in [2.05, 4.69) is 65.0 Å².